The Morgan fingerprint density at radius 3 is 2.71 bits per heavy atom. The molecule has 0 amide bonds. The number of halogens is 1. The lowest BCUT2D eigenvalue weighted by Gasteiger charge is -2.43. The summed E-state index contributed by atoms with van der Waals surface area (Å²) in [5, 5.41) is 3.59. The Kier molecular flexibility index (Phi) is 4.21. The van der Waals surface area contributed by atoms with Gasteiger partial charge in [-0.25, -0.2) is 0 Å². The summed E-state index contributed by atoms with van der Waals surface area (Å²) in [6.07, 6.45) is 9.07. The van der Waals surface area contributed by atoms with Crippen LogP contribution in [0.2, 0.25) is 0 Å². The molecule has 0 spiro atoms. The fourth-order valence-electron chi connectivity index (χ4n) is 2.50. The van der Waals surface area contributed by atoms with Gasteiger partial charge in [-0.15, -0.1) is 0 Å². The van der Waals surface area contributed by atoms with Crippen LogP contribution in [0.4, 0.5) is 0 Å². The third-order valence-corrected chi connectivity index (χ3v) is 4.07. The summed E-state index contributed by atoms with van der Waals surface area (Å²) >= 11 is 3.49. The average molecular weight is 297 g/mol. The highest BCUT2D eigenvalue weighted by molar-refractivity contribution is 9.10. The van der Waals surface area contributed by atoms with E-state index in [1.807, 2.05) is 12.4 Å². The van der Waals surface area contributed by atoms with E-state index < -0.39 is 0 Å². The number of pyridine rings is 1. The van der Waals surface area contributed by atoms with E-state index >= 15 is 0 Å². The van der Waals surface area contributed by atoms with Crippen molar-refractivity contribution in [2.24, 2.45) is 5.41 Å². The Bertz CT molecular complexity index is 372. The van der Waals surface area contributed by atoms with E-state index in [1.54, 1.807) is 0 Å². The zero-order chi connectivity index (χ0) is 12.3. The molecule has 2 nitrogen and oxygen atoms in total. The van der Waals surface area contributed by atoms with Crippen LogP contribution in [0, 0.1) is 5.41 Å². The molecule has 1 aliphatic rings. The van der Waals surface area contributed by atoms with Crippen molar-refractivity contribution in [3.05, 3.63) is 28.5 Å². The molecule has 0 unspecified atom stereocenters. The van der Waals surface area contributed by atoms with Crippen LogP contribution in [-0.4, -0.2) is 17.6 Å². The summed E-state index contributed by atoms with van der Waals surface area (Å²) in [5.74, 6) is 0. The SMILES string of the molecule is CC(C)NCC1(Cc2cncc(Br)c2)CCC1. The van der Waals surface area contributed by atoms with E-state index in [1.165, 1.54) is 24.8 Å². The van der Waals surface area contributed by atoms with Gasteiger partial charge in [0.1, 0.15) is 0 Å². The van der Waals surface area contributed by atoms with Crippen molar-refractivity contribution in [2.45, 2.75) is 45.6 Å². The van der Waals surface area contributed by atoms with Gasteiger partial charge in [-0.05, 0) is 52.2 Å². The zero-order valence-electron chi connectivity index (χ0n) is 10.7. The predicted molar refractivity (Wildman–Crippen MR) is 75.1 cm³/mol. The molecule has 1 heterocycles. The normalized spacial score (nSPS) is 18.1. The van der Waals surface area contributed by atoms with Gasteiger partial charge in [-0.1, -0.05) is 20.3 Å². The van der Waals surface area contributed by atoms with E-state index in [-0.39, 0.29) is 0 Å². The molecular formula is C14H21BrN2. The van der Waals surface area contributed by atoms with Crippen LogP contribution in [0.1, 0.15) is 38.7 Å². The number of nitrogens with one attached hydrogen (secondary N) is 1. The first-order valence-electron chi connectivity index (χ1n) is 6.42. The fraction of sp³-hybridized carbons (Fsp3) is 0.643. The first kappa shape index (κ1) is 13.0. The topological polar surface area (TPSA) is 24.9 Å². The summed E-state index contributed by atoms with van der Waals surface area (Å²) in [5.41, 5.74) is 1.83. The first-order chi connectivity index (χ1) is 8.10. The summed E-state index contributed by atoms with van der Waals surface area (Å²) in [6.45, 7) is 5.57. The monoisotopic (exact) mass is 296 g/mol. The van der Waals surface area contributed by atoms with E-state index in [4.69, 9.17) is 0 Å². The molecule has 0 aliphatic heterocycles. The van der Waals surface area contributed by atoms with Gasteiger partial charge in [0.15, 0.2) is 0 Å². The van der Waals surface area contributed by atoms with Crippen LogP contribution in [0.15, 0.2) is 22.9 Å². The molecule has 2 rings (SSSR count). The molecule has 0 aromatic carbocycles. The third-order valence-electron chi connectivity index (χ3n) is 3.64. The summed E-state index contributed by atoms with van der Waals surface area (Å²) < 4.78 is 1.08. The van der Waals surface area contributed by atoms with Crippen molar-refractivity contribution in [1.29, 1.82) is 0 Å². The molecule has 0 bridgehead atoms. The molecule has 3 heteroatoms. The quantitative estimate of drug-likeness (QED) is 0.899. The Morgan fingerprint density at radius 1 is 1.41 bits per heavy atom. The number of rotatable bonds is 5. The van der Waals surface area contributed by atoms with E-state index in [2.05, 4.69) is 46.1 Å². The number of nitrogens with zero attached hydrogens (tertiary/aromatic N) is 1. The van der Waals surface area contributed by atoms with Gasteiger partial charge in [-0.2, -0.15) is 0 Å². The molecule has 1 saturated carbocycles. The number of aromatic nitrogens is 1. The minimum atomic E-state index is 0.479. The lowest BCUT2D eigenvalue weighted by atomic mass is 9.65. The smallest absolute Gasteiger partial charge is 0.0410 e. The van der Waals surface area contributed by atoms with Crippen molar-refractivity contribution >= 4 is 15.9 Å². The average Bonchev–Trinajstić information content (AvgIpc) is 2.21. The summed E-state index contributed by atoms with van der Waals surface area (Å²) in [7, 11) is 0. The van der Waals surface area contributed by atoms with Crippen molar-refractivity contribution in [3.63, 3.8) is 0 Å². The maximum absolute atomic E-state index is 4.25. The molecule has 1 fully saturated rings. The van der Waals surface area contributed by atoms with Crippen LogP contribution in [-0.2, 0) is 6.42 Å². The highest BCUT2D eigenvalue weighted by atomic mass is 79.9. The van der Waals surface area contributed by atoms with Crippen LogP contribution in [0.25, 0.3) is 0 Å². The van der Waals surface area contributed by atoms with Gasteiger partial charge >= 0.3 is 0 Å². The summed E-state index contributed by atoms with van der Waals surface area (Å²) in [6, 6.07) is 2.77. The second-order valence-corrected chi connectivity index (χ2v) is 6.49. The van der Waals surface area contributed by atoms with E-state index in [0.29, 0.717) is 11.5 Å². The van der Waals surface area contributed by atoms with Crippen LogP contribution >= 0.6 is 15.9 Å². The van der Waals surface area contributed by atoms with Crippen LogP contribution < -0.4 is 5.32 Å². The molecule has 0 atom stereocenters. The molecule has 1 aromatic heterocycles. The van der Waals surface area contributed by atoms with Crippen molar-refractivity contribution < 1.29 is 0 Å². The third kappa shape index (κ3) is 3.52. The molecule has 1 aromatic rings. The van der Waals surface area contributed by atoms with Crippen LogP contribution in [0.5, 0.6) is 0 Å². The highest BCUT2D eigenvalue weighted by Gasteiger charge is 2.36. The van der Waals surface area contributed by atoms with Crippen molar-refractivity contribution in [2.75, 3.05) is 6.54 Å². The highest BCUT2D eigenvalue weighted by Crippen LogP contribution is 2.43. The molecule has 0 saturated heterocycles. The molecule has 1 N–H and O–H groups in total. The minimum Gasteiger partial charge on any atom is -0.314 e. The van der Waals surface area contributed by atoms with Gasteiger partial charge in [0.25, 0.3) is 0 Å². The zero-order valence-corrected chi connectivity index (χ0v) is 12.3. The van der Waals surface area contributed by atoms with Gasteiger partial charge in [-0.3, -0.25) is 4.98 Å². The largest absolute Gasteiger partial charge is 0.314 e. The standard InChI is InChI=1S/C14H21BrN2/c1-11(2)17-10-14(4-3-5-14)7-12-6-13(15)9-16-8-12/h6,8-9,11,17H,3-5,7,10H2,1-2H3. The van der Waals surface area contributed by atoms with E-state index in [9.17, 15) is 0 Å². The number of hydrogen-bond donors (Lipinski definition) is 1. The van der Waals surface area contributed by atoms with Gasteiger partial charge in [0.2, 0.25) is 0 Å². The first-order valence-corrected chi connectivity index (χ1v) is 7.22. The number of hydrogen-bond acceptors (Lipinski definition) is 2. The van der Waals surface area contributed by atoms with Gasteiger partial charge in [0, 0.05) is 29.5 Å². The summed E-state index contributed by atoms with van der Waals surface area (Å²) in [4.78, 5) is 4.25. The Labute approximate surface area is 112 Å². The lowest BCUT2D eigenvalue weighted by Crippen LogP contribution is -2.43. The molecular weight excluding hydrogens is 276 g/mol. The Morgan fingerprint density at radius 2 is 2.18 bits per heavy atom. The maximum Gasteiger partial charge on any atom is 0.0410 e. The fourth-order valence-corrected chi connectivity index (χ4v) is 2.91. The molecule has 0 radical (unpaired) electrons. The Balaban J connectivity index is 1.99. The van der Waals surface area contributed by atoms with Crippen LogP contribution in [0.3, 0.4) is 0 Å². The molecule has 17 heavy (non-hydrogen) atoms. The van der Waals surface area contributed by atoms with Gasteiger partial charge in [0.05, 0.1) is 0 Å². The molecule has 94 valence electrons. The van der Waals surface area contributed by atoms with Crippen molar-refractivity contribution in [3.8, 4) is 0 Å². The predicted octanol–water partition coefficient (Wildman–Crippen LogP) is 3.55. The second kappa shape index (κ2) is 5.49. The minimum absolute atomic E-state index is 0.479. The van der Waals surface area contributed by atoms with Gasteiger partial charge < -0.3 is 5.32 Å². The second-order valence-electron chi connectivity index (χ2n) is 5.58. The Hall–Kier alpha value is -0.410. The lowest BCUT2D eigenvalue weighted by molar-refractivity contribution is 0.126. The molecule has 1 aliphatic carbocycles. The maximum atomic E-state index is 4.25. The van der Waals surface area contributed by atoms with E-state index in [0.717, 1.165) is 17.4 Å². The van der Waals surface area contributed by atoms with Crippen molar-refractivity contribution in [1.82, 2.24) is 10.3 Å².